The lowest BCUT2D eigenvalue weighted by atomic mass is 10.0. The molecule has 0 saturated carbocycles. The van der Waals surface area contributed by atoms with Gasteiger partial charge in [0.15, 0.2) is 0 Å². The van der Waals surface area contributed by atoms with Gasteiger partial charge in [0.2, 0.25) is 0 Å². The van der Waals surface area contributed by atoms with E-state index in [-0.39, 0.29) is 0 Å². The maximum Gasteiger partial charge on any atom is 0.0950 e. The van der Waals surface area contributed by atoms with E-state index >= 15 is 0 Å². The Hall–Kier alpha value is -1.06. The molecule has 0 unspecified atom stereocenters. The number of nitrogens with one attached hydrogen (secondary N) is 1. The Morgan fingerprint density at radius 3 is 2.94 bits per heavy atom. The molecule has 0 aromatic carbocycles. The van der Waals surface area contributed by atoms with Crippen LogP contribution in [-0.2, 0) is 0 Å². The van der Waals surface area contributed by atoms with Crippen LogP contribution in [0.25, 0.3) is 0 Å². The number of rotatable bonds is 5. The zero-order valence-electron chi connectivity index (χ0n) is 9.69. The predicted octanol–water partition coefficient (Wildman–Crippen LogP) is 2.19. The Labute approximate surface area is 97.1 Å². The highest BCUT2D eigenvalue weighted by Gasteiger charge is 2.21. The minimum absolute atomic E-state index is 0.485. The fraction of sp³-hybridized carbons (Fsp3) is 0.538. The molecular weight excluding hydrogens is 200 g/mol. The quantitative estimate of drug-likeness (QED) is 0.771. The smallest absolute Gasteiger partial charge is 0.0950 e. The van der Waals surface area contributed by atoms with Crippen molar-refractivity contribution < 1.29 is 4.42 Å². The lowest BCUT2D eigenvalue weighted by Crippen LogP contribution is -2.45. The highest BCUT2D eigenvalue weighted by atomic mass is 16.3. The van der Waals surface area contributed by atoms with Gasteiger partial charge >= 0.3 is 0 Å². The van der Waals surface area contributed by atoms with Crippen LogP contribution in [0.5, 0.6) is 0 Å². The normalized spacial score (nSPS) is 19.5. The van der Waals surface area contributed by atoms with Crippen molar-refractivity contribution in [1.82, 2.24) is 10.2 Å². The Morgan fingerprint density at radius 2 is 2.31 bits per heavy atom. The summed E-state index contributed by atoms with van der Waals surface area (Å²) in [6.45, 7) is 8.21. The maximum atomic E-state index is 5.20. The zero-order chi connectivity index (χ0) is 11.2. The Balaban J connectivity index is 2.03. The number of nitrogens with zero attached hydrogens (tertiary/aromatic N) is 1. The standard InChI is InChI=1S/C13H20N2O/c1-2-3-4-13(12-5-10-16-11-12)15-8-6-14-7-9-15/h2,5,10-11,13-14H,1,3-4,6-9H2/t13-/m1/s1. The molecule has 0 amide bonds. The molecule has 3 heteroatoms. The van der Waals surface area contributed by atoms with E-state index in [1.54, 1.807) is 6.26 Å². The minimum atomic E-state index is 0.485. The molecule has 3 nitrogen and oxygen atoms in total. The van der Waals surface area contributed by atoms with Gasteiger partial charge in [-0.05, 0) is 18.9 Å². The highest BCUT2D eigenvalue weighted by molar-refractivity contribution is 5.12. The van der Waals surface area contributed by atoms with Crippen molar-refractivity contribution in [1.29, 1.82) is 0 Å². The average molecular weight is 220 g/mol. The monoisotopic (exact) mass is 220 g/mol. The van der Waals surface area contributed by atoms with E-state index in [0.29, 0.717) is 6.04 Å². The Kier molecular flexibility index (Phi) is 4.19. The maximum absolute atomic E-state index is 5.20. The molecule has 16 heavy (non-hydrogen) atoms. The third kappa shape index (κ3) is 2.74. The summed E-state index contributed by atoms with van der Waals surface area (Å²) < 4.78 is 5.20. The topological polar surface area (TPSA) is 28.4 Å². The van der Waals surface area contributed by atoms with Crippen molar-refractivity contribution in [3.63, 3.8) is 0 Å². The summed E-state index contributed by atoms with van der Waals surface area (Å²) in [6, 6.07) is 2.56. The van der Waals surface area contributed by atoms with Crippen LogP contribution in [0.2, 0.25) is 0 Å². The first-order chi connectivity index (χ1) is 7.92. The zero-order valence-corrected chi connectivity index (χ0v) is 9.69. The first-order valence-corrected chi connectivity index (χ1v) is 5.99. The van der Waals surface area contributed by atoms with Gasteiger partial charge in [-0.1, -0.05) is 6.08 Å². The number of piperazine rings is 1. The summed E-state index contributed by atoms with van der Waals surface area (Å²) in [5.41, 5.74) is 1.30. The van der Waals surface area contributed by atoms with Crippen LogP contribution in [-0.4, -0.2) is 31.1 Å². The molecule has 1 N–H and O–H groups in total. The lowest BCUT2D eigenvalue weighted by molar-refractivity contribution is 0.165. The van der Waals surface area contributed by atoms with Crippen molar-refractivity contribution in [2.45, 2.75) is 18.9 Å². The second-order valence-electron chi connectivity index (χ2n) is 4.22. The fourth-order valence-electron chi connectivity index (χ4n) is 2.29. The van der Waals surface area contributed by atoms with Crippen LogP contribution < -0.4 is 5.32 Å². The van der Waals surface area contributed by atoms with Crippen molar-refractivity contribution in [3.05, 3.63) is 36.8 Å². The van der Waals surface area contributed by atoms with Gasteiger partial charge in [0.1, 0.15) is 0 Å². The SMILES string of the molecule is C=CCC[C@H](c1ccoc1)N1CCNCC1. The van der Waals surface area contributed by atoms with Gasteiger partial charge in [-0.25, -0.2) is 0 Å². The first-order valence-electron chi connectivity index (χ1n) is 5.99. The molecule has 0 radical (unpaired) electrons. The first kappa shape index (κ1) is 11.4. The van der Waals surface area contributed by atoms with Gasteiger partial charge in [0, 0.05) is 37.8 Å². The molecule has 1 fully saturated rings. The second kappa shape index (κ2) is 5.87. The van der Waals surface area contributed by atoms with Gasteiger partial charge in [-0.3, -0.25) is 4.90 Å². The van der Waals surface area contributed by atoms with Gasteiger partial charge in [-0.15, -0.1) is 6.58 Å². The molecule has 1 atom stereocenters. The molecule has 1 aliphatic heterocycles. The van der Waals surface area contributed by atoms with Crippen LogP contribution in [0.1, 0.15) is 24.4 Å². The number of hydrogen-bond acceptors (Lipinski definition) is 3. The molecule has 1 aliphatic rings. The second-order valence-corrected chi connectivity index (χ2v) is 4.22. The van der Waals surface area contributed by atoms with E-state index in [1.165, 1.54) is 5.56 Å². The largest absolute Gasteiger partial charge is 0.472 e. The molecule has 0 spiro atoms. The van der Waals surface area contributed by atoms with E-state index in [1.807, 2.05) is 12.3 Å². The lowest BCUT2D eigenvalue weighted by Gasteiger charge is -2.34. The van der Waals surface area contributed by atoms with E-state index in [2.05, 4.69) is 22.9 Å². The average Bonchev–Trinajstić information content (AvgIpc) is 2.85. The van der Waals surface area contributed by atoms with Crippen molar-refractivity contribution in [2.75, 3.05) is 26.2 Å². The van der Waals surface area contributed by atoms with Gasteiger partial charge in [0.05, 0.1) is 12.5 Å². The van der Waals surface area contributed by atoms with Crippen molar-refractivity contribution in [2.24, 2.45) is 0 Å². The minimum Gasteiger partial charge on any atom is -0.472 e. The van der Waals surface area contributed by atoms with E-state index in [9.17, 15) is 0 Å². The van der Waals surface area contributed by atoms with E-state index in [4.69, 9.17) is 4.42 Å². The van der Waals surface area contributed by atoms with E-state index in [0.717, 1.165) is 39.0 Å². The van der Waals surface area contributed by atoms with Crippen LogP contribution in [0.4, 0.5) is 0 Å². The van der Waals surface area contributed by atoms with Crippen molar-refractivity contribution in [3.8, 4) is 0 Å². The Morgan fingerprint density at radius 1 is 1.50 bits per heavy atom. The summed E-state index contributed by atoms with van der Waals surface area (Å²) >= 11 is 0. The summed E-state index contributed by atoms with van der Waals surface area (Å²) in [6.07, 6.45) is 7.81. The molecule has 88 valence electrons. The third-order valence-corrected chi connectivity index (χ3v) is 3.16. The van der Waals surface area contributed by atoms with Crippen LogP contribution in [0, 0.1) is 0 Å². The Bertz CT molecular complexity index is 302. The van der Waals surface area contributed by atoms with Gasteiger partial charge < -0.3 is 9.73 Å². The number of hydrogen-bond donors (Lipinski definition) is 1. The van der Waals surface area contributed by atoms with E-state index < -0.39 is 0 Å². The summed E-state index contributed by atoms with van der Waals surface area (Å²) in [5.74, 6) is 0. The molecule has 2 heterocycles. The van der Waals surface area contributed by atoms with Gasteiger partial charge in [-0.2, -0.15) is 0 Å². The third-order valence-electron chi connectivity index (χ3n) is 3.16. The fourth-order valence-corrected chi connectivity index (χ4v) is 2.29. The molecule has 1 saturated heterocycles. The summed E-state index contributed by atoms with van der Waals surface area (Å²) in [7, 11) is 0. The van der Waals surface area contributed by atoms with Crippen LogP contribution >= 0.6 is 0 Å². The van der Waals surface area contributed by atoms with Crippen LogP contribution in [0.3, 0.4) is 0 Å². The molecule has 2 rings (SSSR count). The number of allylic oxidation sites excluding steroid dienone is 1. The number of furan rings is 1. The summed E-state index contributed by atoms with van der Waals surface area (Å²) in [5, 5.41) is 3.39. The van der Waals surface area contributed by atoms with Gasteiger partial charge in [0.25, 0.3) is 0 Å². The van der Waals surface area contributed by atoms with Crippen LogP contribution in [0.15, 0.2) is 35.7 Å². The molecule has 1 aromatic heterocycles. The summed E-state index contributed by atoms with van der Waals surface area (Å²) in [4.78, 5) is 2.53. The molecular formula is C13H20N2O. The predicted molar refractivity (Wildman–Crippen MR) is 65.3 cm³/mol. The molecule has 1 aromatic rings. The highest BCUT2D eigenvalue weighted by Crippen LogP contribution is 2.26. The van der Waals surface area contributed by atoms with Crippen molar-refractivity contribution >= 4 is 0 Å². The molecule has 0 bridgehead atoms. The molecule has 0 aliphatic carbocycles.